The molecule has 0 aromatic carbocycles. The highest BCUT2D eigenvalue weighted by atomic mass is 16.5. The van der Waals surface area contributed by atoms with Crippen LogP contribution in [0.5, 0.6) is 0 Å². The topological polar surface area (TPSA) is 33.1 Å². The summed E-state index contributed by atoms with van der Waals surface area (Å²) in [5.41, 5.74) is 0. The number of hydrogen-bond donors (Lipinski definition) is 1. The molecular weight excluding hydrogens is 78.0 g/mol. The van der Waals surface area contributed by atoms with E-state index in [-0.39, 0.29) is 0 Å². The van der Waals surface area contributed by atoms with Gasteiger partial charge < -0.3 is 4.74 Å². The van der Waals surface area contributed by atoms with E-state index < -0.39 is 0 Å². The Morgan fingerprint density at radius 2 is 2.67 bits per heavy atom. The molecule has 0 spiro atoms. The lowest BCUT2D eigenvalue weighted by Crippen LogP contribution is -1.78. The van der Waals surface area contributed by atoms with Crippen LogP contribution in [0.2, 0.25) is 0 Å². The molecule has 0 aliphatic heterocycles. The summed E-state index contributed by atoms with van der Waals surface area (Å²) in [6.07, 6.45) is 1.50. The molecular formula is C4H7NO. The Morgan fingerprint density at radius 1 is 2.00 bits per heavy atom. The number of rotatable bonds is 2. The highest BCUT2D eigenvalue weighted by molar-refractivity contribution is 5.47. The zero-order valence-electron chi connectivity index (χ0n) is 3.69. The van der Waals surface area contributed by atoms with Crippen molar-refractivity contribution in [2.24, 2.45) is 0 Å². The lowest BCUT2D eigenvalue weighted by molar-refractivity contribution is 0.234. The van der Waals surface area contributed by atoms with Gasteiger partial charge >= 0.3 is 0 Å². The minimum Gasteiger partial charge on any atom is -0.380 e. The Hall–Kier alpha value is -0.590. The Morgan fingerprint density at radius 3 is 2.83 bits per heavy atom. The minimum absolute atomic E-state index is 0.490. The van der Waals surface area contributed by atoms with Crippen molar-refractivity contribution in [2.75, 3.05) is 13.7 Å². The summed E-state index contributed by atoms with van der Waals surface area (Å²) >= 11 is 0. The third kappa shape index (κ3) is 3.41. The number of hydrogen-bond acceptors (Lipinski definition) is 2. The Kier molecular flexibility index (Phi) is 3.98. The molecule has 2 heteroatoms. The van der Waals surface area contributed by atoms with Gasteiger partial charge in [-0.1, -0.05) is 0 Å². The molecule has 6 heavy (non-hydrogen) atoms. The summed E-state index contributed by atoms with van der Waals surface area (Å²) < 4.78 is 4.54. The van der Waals surface area contributed by atoms with E-state index in [1.54, 1.807) is 7.11 Å². The maximum Gasteiger partial charge on any atom is 0.0732 e. The normalized spacial score (nSPS) is 6.83. The van der Waals surface area contributed by atoms with Crippen LogP contribution in [0.4, 0.5) is 0 Å². The van der Waals surface area contributed by atoms with Gasteiger partial charge in [-0.25, -0.2) is 0 Å². The first-order valence-electron chi connectivity index (χ1n) is 1.64. The second kappa shape index (κ2) is 4.41. The average Bonchev–Trinajstić information content (AvgIpc) is 1.61. The smallest absolute Gasteiger partial charge is 0.0732 e. The molecule has 0 unspecified atom stereocenters. The zero-order chi connectivity index (χ0) is 4.83. The third-order valence-electron chi connectivity index (χ3n) is 0.352. The molecule has 0 fully saturated rings. The third-order valence-corrected chi connectivity index (χ3v) is 0.352. The van der Waals surface area contributed by atoms with Crippen LogP contribution in [0.1, 0.15) is 0 Å². The molecule has 0 aromatic rings. The molecule has 1 N–H and O–H groups in total. The van der Waals surface area contributed by atoms with Gasteiger partial charge in [0, 0.05) is 13.2 Å². The molecule has 0 atom stereocenters. The molecule has 0 aliphatic rings. The highest BCUT2D eigenvalue weighted by Gasteiger charge is 1.61. The van der Waals surface area contributed by atoms with Crippen LogP contribution in [0, 0.1) is 5.41 Å². The fourth-order valence-corrected chi connectivity index (χ4v) is 0.125. The minimum atomic E-state index is 0.490. The van der Waals surface area contributed by atoms with Crippen molar-refractivity contribution < 1.29 is 4.74 Å². The fourth-order valence-electron chi connectivity index (χ4n) is 0.125. The molecule has 0 radical (unpaired) electrons. The van der Waals surface area contributed by atoms with E-state index >= 15 is 0 Å². The van der Waals surface area contributed by atoms with E-state index in [9.17, 15) is 0 Å². The summed E-state index contributed by atoms with van der Waals surface area (Å²) in [6.45, 7) is 0.490. The highest BCUT2D eigenvalue weighted by Crippen LogP contribution is 1.60. The molecule has 0 saturated heterocycles. The summed E-state index contributed by atoms with van der Waals surface area (Å²) in [6, 6.07) is 0. The summed E-state index contributed by atoms with van der Waals surface area (Å²) in [5, 5.41) is 6.32. The lowest BCUT2D eigenvalue weighted by Gasteiger charge is -1.79. The molecule has 0 rings (SSSR count). The van der Waals surface area contributed by atoms with Gasteiger partial charge in [0.15, 0.2) is 0 Å². The van der Waals surface area contributed by atoms with Crippen LogP contribution in [0.3, 0.4) is 0 Å². The Labute approximate surface area is 36.9 Å². The predicted octanol–water partition coefficient (Wildman–Crippen LogP) is 0.437. The van der Waals surface area contributed by atoms with Crippen molar-refractivity contribution in [1.82, 2.24) is 0 Å². The van der Waals surface area contributed by atoms with E-state index in [0.29, 0.717) is 6.61 Å². The fraction of sp³-hybridized carbons (Fsp3) is 0.500. The van der Waals surface area contributed by atoms with Crippen molar-refractivity contribution in [3.8, 4) is 0 Å². The largest absolute Gasteiger partial charge is 0.380 e. The summed E-state index contributed by atoms with van der Waals surface area (Å²) in [7, 11) is 1.58. The second-order valence-corrected chi connectivity index (χ2v) is 0.804. The molecule has 0 saturated carbocycles. The number of nitrogens with one attached hydrogen (secondary N) is 1. The molecule has 0 aliphatic carbocycles. The van der Waals surface area contributed by atoms with Crippen LogP contribution in [-0.2, 0) is 4.74 Å². The van der Waals surface area contributed by atoms with Crippen molar-refractivity contribution in [2.45, 2.75) is 0 Å². The van der Waals surface area contributed by atoms with E-state index in [1.807, 2.05) is 0 Å². The Balaban J connectivity index is 2.86. The van der Waals surface area contributed by atoms with E-state index in [2.05, 4.69) is 10.6 Å². The van der Waals surface area contributed by atoms with Gasteiger partial charge in [-0.3, -0.25) is 5.41 Å². The van der Waals surface area contributed by atoms with Gasteiger partial charge in [0.05, 0.1) is 6.61 Å². The number of ether oxygens (including phenoxy) is 1. The van der Waals surface area contributed by atoms with Gasteiger partial charge in [-0.05, 0) is 5.87 Å². The van der Waals surface area contributed by atoms with Crippen molar-refractivity contribution in [1.29, 1.82) is 5.41 Å². The first-order valence-corrected chi connectivity index (χ1v) is 1.64. The van der Waals surface area contributed by atoms with E-state index in [1.165, 1.54) is 6.08 Å². The van der Waals surface area contributed by atoms with Crippen molar-refractivity contribution in [3.05, 3.63) is 6.08 Å². The summed E-state index contributed by atoms with van der Waals surface area (Å²) in [5.74, 6) is 2.07. The van der Waals surface area contributed by atoms with Gasteiger partial charge in [0.2, 0.25) is 0 Å². The monoisotopic (exact) mass is 85.1 g/mol. The lowest BCUT2D eigenvalue weighted by atomic mass is 10.7. The van der Waals surface area contributed by atoms with Crippen LogP contribution in [-0.4, -0.2) is 19.6 Å². The van der Waals surface area contributed by atoms with Gasteiger partial charge in [-0.2, -0.15) is 0 Å². The molecule has 0 bridgehead atoms. The summed E-state index contributed by atoms with van der Waals surface area (Å²) in [4.78, 5) is 0. The molecule has 2 nitrogen and oxygen atoms in total. The van der Waals surface area contributed by atoms with E-state index in [4.69, 9.17) is 5.41 Å². The van der Waals surface area contributed by atoms with Crippen LogP contribution < -0.4 is 0 Å². The predicted molar refractivity (Wildman–Crippen MR) is 24.2 cm³/mol. The molecule has 0 heterocycles. The number of methoxy groups -OCH3 is 1. The average molecular weight is 85.1 g/mol. The quantitative estimate of drug-likeness (QED) is 0.485. The van der Waals surface area contributed by atoms with E-state index in [0.717, 1.165) is 0 Å². The first kappa shape index (κ1) is 5.41. The van der Waals surface area contributed by atoms with Gasteiger partial charge in [0.25, 0.3) is 0 Å². The standard InChI is InChI=1S/C4H7NO/c1-6-4-2-3-5/h2,5H,4H2,1H3. The van der Waals surface area contributed by atoms with Crippen LogP contribution >= 0.6 is 0 Å². The SMILES string of the molecule is COCC=C=N. The zero-order valence-corrected chi connectivity index (χ0v) is 3.69. The van der Waals surface area contributed by atoms with Crippen molar-refractivity contribution in [3.63, 3.8) is 0 Å². The van der Waals surface area contributed by atoms with Crippen LogP contribution in [0.25, 0.3) is 0 Å². The molecule has 34 valence electrons. The maximum absolute atomic E-state index is 6.32. The Bertz CT molecular complexity index is 63.9. The molecule has 0 aromatic heterocycles. The maximum atomic E-state index is 6.32. The molecule has 0 amide bonds. The van der Waals surface area contributed by atoms with Crippen molar-refractivity contribution >= 4 is 5.87 Å². The van der Waals surface area contributed by atoms with Gasteiger partial charge in [0.1, 0.15) is 0 Å². The first-order chi connectivity index (χ1) is 2.91. The second-order valence-electron chi connectivity index (χ2n) is 0.804. The van der Waals surface area contributed by atoms with Gasteiger partial charge in [-0.15, -0.1) is 0 Å². The van der Waals surface area contributed by atoms with Crippen LogP contribution in [0.15, 0.2) is 6.08 Å².